The summed E-state index contributed by atoms with van der Waals surface area (Å²) >= 11 is 6.04. The number of hydrogen-bond donors (Lipinski definition) is 1. The van der Waals surface area contributed by atoms with Crippen molar-refractivity contribution in [3.63, 3.8) is 0 Å². The van der Waals surface area contributed by atoms with Gasteiger partial charge in [0.05, 0.1) is 10.9 Å². The van der Waals surface area contributed by atoms with Crippen LogP contribution < -0.4 is 9.47 Å². The Morgan fingerprint density at radius 2 is 1.70 bits per heavy atom. The largest absolute Gasteiger partial charge is 0.490 e. The Labute approximate surface area is 162 Å². The molecule has 1 fully saturated rings. The van der Waals surface area contributed by atoms with Gasteiger partial charge in [-0.15, -0.1) is 0 Å². The van der Waals surface area contributed by atoms with Crippen LogP contribution in [0.2, 0.25) is 5.02 Å². The van der Waals surface area contributed by atoms with Gasteiger partial charge < -0.3 is 19.5 Å². The van der Waals surface area contributed by atoms with Gasteiger partial charge in [-0.1, -0.05) is 41.9 Å². The van der Waals surface area contributed by atoms with Crippen molar-refractivity contribution < 1.29 is 24.2 Å². The Morgan fingerprint density at radius 3 is 2.37 bits per heavy atom. The fraction of sp³-hybridized carbons (Fsp3) is 0.300. The van der Waals surface area contributed by atoms with Crippen LogP contribution in [0.4, 0.5) is 0 Å². The van der Waals surface area contributed by atoms with Gasteiger partial charge in [0, 0.05) is 25.1 Å². The molecule has 1 aliphatic heterocycles. The summed E-state index contributed by atoms with van der Waals surface area (Å²) in [6, 6.07) is 14.6. The van der Waals surface area contributed by atoms with E-state index < -0.39 is 11.9 Å². The molecule has 1 atom stereocenters. The van der Waals surface area contributed by atoms with Crippen LogP contribution in [0.5, 0.6) is 11.5 Å². The molecule has 1 amide bonds. The lowest BCUT2D eigenvalue weighted by molar-refractivity contribution is -0.141. The highest BCUT2D eigenvalue weighted by molar-refractivity contribution is 6.32. The lowest BCUT2D eigenvalue weighted by atomic mass is 10.1. The van der Waals surface area contributed by atoms with E-state index in [4.69, 9.17) is 26.2 Å². The molecule has 1 N–H and O–H groups in total. The van der Waals surface area contributed by atoms with Gasteiger partial charge in [0.1, 0.15) is 24.7 Å². The van der Waals surface area contributed by atoms with Crippen molar-refractivity contribution in [3.8, 4) is 11.5 Å². The average molecular weight is 390 g/mol. The van der Waals surface area contributed by atoms with Crippen molar-refractivity contribution in [2.24, 2.45) is 5.92 Å². The lowest BCUT2D eigenvalue weighted by Gasteiger charge is -2.19. The molecule has 0 aliphatic carbocycles. The SMILES string of the molecule is O=C(O)C1CC(=O)N(Cc2ccccc2OCCOc2ccccc2Cl)C1. The van der Waals surface area contributed by atoms with Gasteiger partial charge in [-0.25, -0.2) is 0 Å². The van der Waals surface area contributed by atoms with Gasteiger partial charge in [-0.2, -0.15) is 0 Å². The Balaban J connectivity index is 1.55. The third-order valence-corrected chi connectivity index (χ3v) is 4.64. The van der Waals surface area contributed by atoms with E-state index in [9.17, 15) is 9.59 Å². The summed E-state index contributed by atoms with van der Waals surface area (Å²) in [4.78, 5) is 24.7. The van der Waals surface area contributed by atoms with Crippen molar-refractivity contribution in [3.05, 3.63) is 59.1 Å². The molecular weight excluding hydrogens is 370 g/mol. The van der Waals surface area contributed by atoms with Gasteiger partial charge in [-0.3, -0.25) is 9.59 Å². The zero-order chi connectivity index (χ0) is 19.2. The standard InChI is InChI=1S/C20H20ClNO5/c21-16-6-2-4-8-18(16)27-10-9-26-17-7-3-1-5-14(17)12-22-13-15(20(24)25)11-19(22)23/h1-8,15H,9-13H2,(H,24,25). The fourth-order valence-corrected chi connectivity index (χ4v) is 3.13. The fourth-order valence-electron chi connectivity index (χ4n) is 2.94. The summed E-state index contributed by atoms with van der Waals surface area (Å²) in [5.74, 6) is -0.494. The number of para-hydroxylation sites is 2. The normalized spacial score (nSPS) is 16.4. The molecule has 2 aromatic rings. The Bertz CT molecular complexity index is 826. The molecule has 1 unspecified atom stereocenters. The van der Waals surface area contributed by atoms with Crippen LogP contribution in [0, 0.1) is 5.92 Å². The first kappa shape index (κ1) is 19.0. The van der Waals surface area contributed by atoms with Gasteiger partial charge in [0.15, 0.2) is 0 Å². The molecule has 2 aromatic carbocycles. The number of ether oxygens (including phenoxy) is 2. The van der Waals surface area contributed by atoms with Crippen LogP contribution in [0.15, 0.2) is 48.5 Å². The number of likely N-dealkylation sites (tertiary alicyclic amines) is 1. The Kier molecular flexibility index (Phi) is 6.19. The smallest absolute Gasteiger partial charge is 0.308 e. The lowest BCUT2D eigenvalue weighted by Crippen LogP contribution is -2.26. The van der Waals surface area contributed by atoms with Crippen LogP contribution in [0.25, 0.3) is 0 Å². The van der Waals surface area contributed by atoms with E-state index in [1.807, 2.05) is 36.4 Å². The van der Waals surface area contributed by atoms with Crippen molar-refractivity contribution in [1.29, 1.82) is 0 Å². The minimum atomic E-state index is -0.938. The summed E-state index contributed by atoms with van der Waals surface area (Å²) in [7, 11) is 0. The molecule has 1 saturated heterocycles. The number of carboxylic acids is 1. The number of halogens is 1. The van der Waals surface area contributed by atoms with Crippen LogP contribution in [0.3, 0.4) is 0 Å². The van der Waals surface area contributed by atoms with Crippen LogP contribution >= 0.6 is 11.6 Å². The second kappa shape index (κ2) is 8.77. The zero-order valence-corrected chi connectivity index (χ0v) is 15.4. The van der Waals surface area contributed by atoms with E-state index in [-0.39, 0.29) is 18.9 Å². The molecule has 6 nitrogen and oxygen atoms in total. The zero-order valence-electron chi connectivity index (χ0n) is 14.6. The predicted molar refractivity (Wildman–Crippen MR) is 100 cm³/mol. The third kappa shape index (κ3) is 4.92. The van der Waals surface area contributed by atoms with Crippen LogP contribution in [0.1, 0.15) is 12.0 Å². The average Bonchev–Trinajstić information content (AvgIpc) is 3.02. The van der Waals surface area contributed by atoms with E-state index in [0.717, 1.165) is 5.56 Å². The quantitative estimate of drug-likeness (QED) is 0.701. The number of carboxylic acid groups (broad SMARTS) is 1. The van der Waals surface area contributed by atoms with Gasteiger partial charge in [0.25, 0.3) is 0 Å². The summed E-state index contributed by atoms with van der Waals surface area (Å²) in [6.07, 6.45) is 0.0457. The number of carbonyl (C=O) groups is 2. The van der Waals surface area contributed by atoms with Crippen LogP contribution in [-0.4, -0.2) is 41.6 Å². The summed E-state index contributed by atoms with van der Waals surface area (Å²) in [5.41, 5.74) is 0.828. The number of carbonyl (C=O) groups excluding carboxylic acids is 1. The molecule has 3 rings (SSSR count). The second-order valence-corrected chi connectivity index (χ2v) is 6.66. The number of aliphatic carboxylic acids is 1. The van der Waals surface area contributed by atoms with E-state index in [2.05, 4.69) is 0 Å². The molecule has 0 aromatic heterocycles. The first-order valence-corrected chi connectivity index (χ1v) is 9.01. The van der Waals surface area contributed by atoms with E-state index in [0.29, 0.717) is 36.3 Å². The highest BCUT2D eigenvalue weighted by Gasteiger charge is 2.34. The molecule has 0 bridgehead atoms. The molecule has 0 spiro atoms. The van der Waals surface area contributed by atoms with Gasteiger partial charge in [-0.05, 0) is 18.2 Å². The summed E-state index contributed by atoms with van der Waals surface area (Å²) < 4.78 is 11.4. The maximum absolute atomic E-state index is 12.0. The highest BCUT2D eigenvalue weighted by atomic mass is 35.5. The topological polar surface area (TPSA) is 76.1 Å². The molecule has 142 valence electrons. The number of benzene rings is 2. The van der Waals surface area contributed by atoms with Gasteiger partial charge >= 0.3 is 5.97 Å². The number of nitrogens with zero attached hydrogens (tertiary/aromatic N) is 1. The molecular formula is C20H20ClNO5. The van der Waals surface area contributed by atoms with Crippen molar-refractivity contribution >= 4 is 23.5 Å². The van der Waals surface area contributed by atoms with Crippen molar-refractivity contribution in [2.45, 2.75) is 13.0 Å². The monoisotopic (exact) mass is 389 g/mol. The number of amides is 1. The van der Waals surface area contributed by atoms with Crippen molar-refractivity contribution in [1.82, 2.24) is 4.90 Å². The van der Waals surface area contributed by atoms with Crippen LogP contribution in [-0.2, 0) is 16.1 Å². The van der Waals surface area contributed by atoms with E-state index >= 15 is 0 Å². The van der Waals surface area contributed by atoms with Crippen molar-refractivity contribution in [2.75, 3.05) is 19.8 Å². The summed E-state index contributed by atoms with van der Waals surface area (Å²) in [6.45, 7) is 1.18. The van der Waals surface area contributed by atoms with E-state index in [1.165, 1.54) is 0 Å². The Hall–Kier alpha value is -2.73. The minimum Gasteiger partial charge on any atom is -0.490 e. The number of hydrogen-bond acceptors (Lipinski definition) is 4. The molecule has 1 heterocycles. The maximum atomic E-state index is 12.0. The summed E-state index contributed by atoms with van der Waals surface area (Å²) in [5, 5.41) is 9.64. The second-order valence-electron chi connectivity index (χ2n) is 6.25. The van der Waals surface area contributed by atoms with E-state index in [1.54, 1.807) is 17.0 Å². The maximum Gasteiger partial charge on any atom is 0.308 e. The molecule has 7 heteroatoms. The highest BCUT2D eigenvalue weighted by Crippen LogP contribution is 2.26. The number of rotatable bonds is 8. The first-order chi connectivity index (χ1) is 13.0. The van der Waals surface area contributed by atoms with Gasteiger partial charge in [0.2, 0.25) is 5.91 Å². The predicted octanol–water partition coefficient (Wildman–Crippen LogP) is 3.23. The molecule has 1 aliphatic rings. The molecule has 0 saturated carbocycles. The first-order valence-electron chi connectivity index (χ1n) is 8.63. The molecule has 27 heavy (non-hydrogen) atoms. The Morgan fingerprint density at radius 1 is 1.07 bits per heavy atom. The molecule has 0 radical (unpaired) electrons. The minimum absolute atomic E-state index is 0.0457. The third-order valence-electron chi connectivity index (χ3n) is 4.33.